The van der Waals surface area contributed by atoms with E-state index in [2.05, 4.69) is 0 Å². The minimum Gasteiger partial charge on any atom is -0.384 e. The summed E-state index contributed by atoms with van der Waals surface area (Å²) in [5, 5.41) is 11.3. The van der Waals surface area contributed by atoms with Gasteiger partial charge in [-0.15, -0.1) is 0 Å². The van der Waals surface area contributed by atoms with Crippen LogP contribution in [0.1, 0.15) is 17.2 Å². The van der Waals surface area contributed by atoms with Crippen LogP contribution >= 0.6 is 23.2 Å². The molecule has 1 N–H and O–H groups in total. The lowest BCUT2D eigenvalue weighted by molar-refractivity contribution is 0.220. The lowest BCUT2D eigenvalue weighted by atomic mass is 10.0. The SMILES string of the molecule is OC(c1cccc(Cl)c1)c1cccc(Cl)c1. The maximum atomic E-state index is 10.1. The van der Waals surface area contributed by atoms with E-state index >= 15 is 0 Å². The summed E-state index contributed by atoms with van der Waals surface area (Å²) >= 11 is 11.7. The number of benzene rings is 2. The highest BCUT2D eigenvalue weighted by atomic mass is 35.5. The molecule has 0 aliphatic carbocycles. The third-order valence-corrected chi connectivity index (χ3v) is 2.80. The van der Waals surface area contributed by atoms with E-state index in [0.29, 0.717) is 10.0 Å². The molecule has 0 saturated heterocycles. The summed E-state index contributed by atoms with van der Waals surface area (Å²) in [6, 6.07) is 14.3. The van der Waals surface area contributed by atoms with Crippen molar-refractivity contribution in [2.45, 2.75) is 6.10 Å². The zero-order valence-corrected chi connectivity index (χ0v) is 9.91. The van der Waals surface area contributed by atoms with Gasteiger partial charge in [-0.3, -0.25) is 0 Å². The molecule has 0 amide bonds. The van der Waals surface area contributed by atoms with Crippen molar-refractivity contribution >= 4 is 23.2 Å². The molecule has 0 bridgehead atoms. The summed E-state index contributed by atoms with van der Waals surface area (Å²) in [7, 11) is 0. The molecule has 16 heavy (non-hydrogen) atoms. The highest BCUT2D eigenvalue weighted by Crippen LogP contribution is 2.25. The Hall–Kier alpha value is -1.02. The summed E-state index contributed by atoms with van der Waals surface area (Å²) in [6.45, 7) is 0. The Morgan fingerprint density at radius 1 is 0.812 bits per heavy atom. The van der Waals surface area contributed by atoms with Crippen LogP contribution in [0.25, 0.3) is 0 Å². The van der Waals surface area contributed by atoms with Gasteiger partial charge in [0.1, 0.15) is 6.10 Å². The van der Waals surface area contributed by atoms with Gasteiger partial charge in [0, 0.05) is 10.0 Å². The second-order valence-corrected chi connectivity index (χ2v) is 4.39. The summed E-state index contributed by atoms with van der Waals surface area (Å²) in [6.07, 6.45) is -0.697. The largest absolute Gasteiger partial charge is 0.384 e. The third kappa shape index (κ3) is 2.56. The van der Waals surface area contributed by atoms with E-state index < -0.39 is 6.10 Å². The molecule has 0 spiro atoms. The van der Waals surface area contributed by atoms with Crippen LogP contribution in [-0.2, 0) is 0 Å². The average molecular weight is 253 g/mol. The minimum absolute atomic E-state index is 0.610. The fourth-order valence-corrected chi connectivity index (χ4v) is 1.94. The molecule has 0 radical (unpaired) electrons. The van der Waals surface area contributed by atoms with Crippen LogP contribution in [0.2, 0.25) is 10.0 Å². The predicted molar refractivity (Wildman–Crippen MR) is 67.0 cm³/mol. The summed E-state index contributed by atoms with van der Waals surface area (Å²) < 4.78 is 0. The van der Waals surface area contributed by atoms with Crippen LogP contribution in [0.15, 0.2) is 48.5 Å². The summed E-state index contributed by atoms with van der Waals surface area (Å²) in [5.41, 5.74) is 1.52. The second-order valence-electron chi connectivity index (χ2n) is 3.51. The van der Waals surface area contributed by atoms with Gasteiger partial charge in [0.05, 0.1) is 0 Å². The molecule has 0 aromatic heterocycles. The molecule has 0 fully saturated rings. The van der Waals surface area contributed by atoms with Crippen LogP contribution in [0.5, 0.6) is 0 Å². The van der Waals surface area contributed by atoms with Crippen molar-refractivity contribution in [3.63, 3.8) is 0 Å². The molecule has 0 aliphatic heterocycles. The Bertz CT molecular complexity index is 451. The number of rotatable bonds is 2. The van der Waals surface area contributed by atoms with Gasteiger partial charge in [-0.2, -0.15) is 0 Å². The molecule has 0 saturated carbocycles. The van der Waals surface area contributed by atoms with E-state index in [-0.39, 0.29) is 0 Å². The zero-order chi connectivity index (χ0) is 11.5. The topological polar surface area (TPSA) is 20.2 Å². The maximum absolute atomic E-state index is 10.1. The molecule has 3 heteroatoms. The zero-order valence-electron chi connectivity index (χ0n) is 8.40. The monoisotopic (exact) mass is 252 g/mol. The Balaban J connectivity index is 2.35. The Kier molecular flexibility index (Phi) is 3.49. The average Bonchev–Trinajstić information content (AvgIpc) is 2.28. The van der Waals surface area contributed by atoms with Crippen molar-refractivity contribution < 1.29 is 5.11 Å². The Labute approximate surface area is 104 Å². The first-order valence-electron chi connectivity index (χ1n) is 4.86. The number of halogens is 2. The number of hydrogen-bond donors (Lipinski definition) is 1. The van der Waals surface area contributed by atoms with E-state index in [9.17, 15) is 5.11 Å². The standard InChI is InChI=1S/C13H10Cl2O/c14-11-5-1-3-9(7-11)13(16)10-4-2-6-12(15)8-10/h1-8,13,16H. The van der Waals surface area contributed by atoms with Crippen LogP contribution in [0, 0.1) is 0 Å². The molecule has 2 rings (SSSR count). The molecule has 2 aromatic carbocycles. The first kappa shape index (κ1) is 11.5. The van der Waals surface area contributed by atoms with E-state index in [1.807, 2.05) is 24.3 Å². The number of hydrogen-bond acceptors (Lipinski definition) is 1. The highest BCUT2D eigenvalue weighted by Gasteiger charge is 2.10. The van der Waals surface area contributed by atoms with E-state index in [1.165, 1.54) is 0 Å². The summed E-state index contributed by atoms with van der Waals surface area (Å²) in [5.74, 6) is 0. The summed E-state index contributed by atoms with van der Waals surface area (Å²) in [4.78, 5) is 0. The highest BCUT2D eigenvalue weighted by molar-refractivity contribution is 6.31. The molecular formula is C13H10Cl2O. The second kappa shape index (κ2) is 4.88. The van der Waals surface area contributed by atoms with Gasteiger partial charge in [-0.05, 0) is 35.4 Å². The van der Waals surface area contributed by atoms with Crippen molar-refractivity contribution in [1.29, 1.82) is 0 Å². The van der Waals surface area contributed by atoms with Crippen LogP contribution in [-0.4, -0.2) is 5.11 Å². The smallest absolute Gasteiger partial charge is 0.104 e. The molecule has 0 atom stereocenters. The number of aliphatic hydroxyl groups excluding tert-OH is 1. The molecule has 0 heterocycles. The van der Waals surface area contributed by atoms with Crippen molar-refractivity contribution in [2.24, 2.45) is 0 Å². The van der Waals surface area contributed by atoms with Crippen LogP contribution in [0.4, 0.5) is 0 Å². The quantitative estimate of drug-likeness (QED) is 0.855. The third-order valence-electron chi connectivity index (χ3n) is 2.33. The lowest BCUT2D eigenvalue weighted by Gasteiger charge is -2.11. The Morgan fingerprint density at radius 3 is 1.62 bits per heavy atom. The Morgan fingerprint density at radius 2 is 1.25 bits per heavy atom. The molecule has 82 valence electrons. The van der Waals surface area contributed by atoms with Crippen LogP contribution in [0.3, 0.4) is 0 Å². The van der Waals surface area contributed by atoms with Gasteiger partial charge in [0.2, 0.25) is 0 Å². The maximum Gasteiger partial charge on any atom is 0.104 e. The van der Waals surface area contributed by atoms with Crippen molar-refractivity contribution in [3.05, 3.63) is 69.7 Å². The van der Waals surface area contributed by atoms with Crippen molar-refractivity contribution in [1.82, 2.24) is 0 Å². The molecule has 2 aromatic rings. The number of aliphatic hydroxyl groups is 1. The molecule has 1 nitrogen and oxygen atoms in total. The fraction of sp³-hybridized carbons (Fsp3) is 0.0769. The molecular weight excluding hydrogens is 243 g/mol. The van der Waals surface area contributed by atoms with Gasteiger partial charge in [0.15, 0.2) is 0 Å². The molecule has 0 unspecified atom stereocenters. The fourth-order valence-electron chi connectivity index (χ4n) is 1.55. The van der Waals surface area contributed by atoms with E-state index in [4.69, 9.17) is 23.2 Å². The van der Waals surface area contributed by atoms with E-state index in [1.54, 1.807) is 24.3 Å². The first-order chi connectivity index (χ1) is 7.66. The first-order valence-corrected chi connectivity index (χ1v) is 5.61. The van der Waals surface area contributed by atoms with E-state index in [0.717, 1.165) is 11.1 Å². The lowest BCUT2D eigenvalue weighted by Crippen LogP contribution is -1.99. The van der Waals surface area contributed by atoms with Gasteiger partial charge >= 0.3 is 0 Å². The van der Waals surface area contributed by atoms with Gasteiger partial charge in [-0.1, -0.05) is 47.5 Å². The normalized spacial score (nSPS) is 10.8. The van der Waals surface area contributed by atoms with Crippen molar-refractivity contribution in [3.8, 4) is 0 Å². The van der Waals surface area contributed by atoms with Gasteiger partial charge < -0.3 is 5.11 Å². The predicted octanol–water partition coefficient (Wildman–Crippen LogP) is 4.08. The van der Waals surface area contributed by atoms with Gasteiger partial charge in [0.25, 0.3) is 0 Å². The van der Waals surface area contributed by atoms with Crippen LogP contribution < -0.4 is 0 Å². The minimum atomic E-state index is -0.697. The van der Waals surface area contributed by atoms with Crippen molar-refractivity contribution in [2.75, 3.05) is 0 Å². The molecule has 0 aliphatic rings. The van der Waals surface area contributed by atoms with Gasteiger partial charge in [-0.25, -0.2) is 0 Å².